The Labute approximate surface area is 189 Å². The highest BCUT2D eigenvalue weighted by Crippen LogP contribution is 2.28. The molecule has 1 fully saturated rings. The second kappa shape index (κ2) is 8.51. The van der Waals surface area contributed by atoms with Crippen molar-refractivity contribution in [1.82, 2.24) is 20.2 Å². The van der Waals surface area contributed by atoms with E-state index >= 15 is 0 Å². The van der Waals surface area contributed by atoms with E-state index in [4.69, 9.17) is 4.74 Å². The molecule has 1 aromatic carbocycles. The van der Waals surface area contributed by atoms with Crippen LogP contribution in [0.25, 0.3) is 22.0 Å². The summed E-state index contributed by atoms with van der Waals surface area (Å²) in [4.78, 5) is 34.8. The van der Waals surface area contributed by atoms with Crippen LogP contribution in [0.4, 0.5) is 11.5 Å². The number of ether oxygens (including phenoxy) is 1. The summed E-state index contributed by atoms with van der Waals surface area (Å²) in [5.41, 5.74) is 5.16. The molecular weight excluding hydrogens is 420 g/mol. The number of morpholine rings is 1. The lowest BCUT2D eigenvalue weighted by molar-refractivity contribution is 0.102. The minimum Gasteiger partial charge on any atom is -0.378 e. The summed E-state index contributed by atoms with van der Waals surface area (Å²) in [6.07, 6.45) is 3.50. The SMILES string of the molecule is Cc1[nH]ncc1-c1cnc(N2CCOCC2)c(C(=O)Nc2ccc3[nH]c(=O)cc(C)c3c2)c1. The van der Waals surface area contributed by atoms with Crippen LogP contribution in [0.5, 0.6) is 0 Å². The topological polar surface area (TPSA) is 116 Å². The lowest BCUT2D eigenvalue weighted by Gasteiger charge is -2.29. The Bertz CT molecular complexity index is 1400. The molecule has 1 saturated heterocycles. The van der Waals surface area contributed by atoms with Crippen molar-refractivity contribution in [3.63, 3.8) is 0 Å². The Kier molecular flexibility index (Phi) is 5.39. The van der Waals surface area contributed by atoms with Gasteiger partial charge in [-0.25, -0.2) is 4.98 Å². The molecular formula is C24H24N6O3. The Hall–Kier alpha value is -3.98. The molecule has 0 atom stereocenters. The van der Waals surface area contributed by atoms with E-state index in [0.29, 0.717) is 43.4 Å². The second-order valence-corrected chi connectivity index (χ2v) is 8.13. The third-order valence-corrected chi connectivity index (χ3v) is 5.87. The number of aryl methyl sites for hydroxylation is 2. The number of nitrogens with zero attached hydrogens (tertiary/aromatic N) is 3. The average Bonchev–Trinajstić information content (AvgIpc) is 3.25. The van der Waals surface area contributed by atoms with Gasteiger partial charge < -0.3 is 19.9 Å². The highest BCUT2D eigenvalue weighted by atomic mass is 16.5. The summed E-state index contributed by atoms with van der Waals surface area (Å²) in [7, 11) is 0. The van der Waals surface area contributed by atoms with Crippen LogP contribution in [0.15, 0.2) is 47.5 Å². The first-order chi connectivity index (χ1) is 16.0. The smallest absolute Gasteiger partial charge is 0.259 e. The normalized spacial score (nSPS) is 13.9. The Morgan fingerprint density at radius 3 is 2.70 bits per heavy atom. The summed E-state index contributed by atoms with van der Waals surface area (Å²) in [5.74, 6) is 0.371. The molecule has 3 N–H and O–H groups in total. The Balaban J connectivity index is 1.53. The van der Waals surface area contributed by atoms with Crippen molar-refractivity contribution in [3.05, 3.63) is 69.9 Å². The number of carbonyl (C=O) groups is 1. The van der Waals surface area contributed by atoms with Crippen LogP contribution < -0.4 is 15.8 Å². The zero-order valence-electron chi connectivity index (χ0n) is 18.4. The number of hydrogen-bond acceptors (Lipinski definition) is 6. The number of anilines is 2. The van der Waals surface area contributed by atoms with Gasteiger partial charge in [-0.1, -0.05) is 0 Å². The Morgan fingerprint density at radius 2 is 1.94 bits per heavy atom. The average molecular weight is 444 g/mol. The minimum absolute atomic E-state index is 0.149. The van der Waals surface area contributed by atoms with E-state index in [9.17, 15) is 9.59 Å². The van der Waals surface area contributed by atoms with E-state index in [2.05, 4.69) is 30.4 Å². The number of nitrogens with one attached hydrogen (secondary N) is 3. The first-order valence-electron chi connectivity index (χ1n) is 10.8. The quantitative estimate of drug-likeness (QED) is 0.446. The van der Waals surface area contributed by atoms with Gasteiger partial charge in [-0.2, -0.15) is 5.10 Å². The summed E-state index contributed by atoms with van der Waals surface area (Å²) >= 11 is 0. The highest BCUT2D eigenvalue weighted by molar-refractivity contribution is 6.09. The van der Waals surface area contributed by atoms with E-state index in [0.717, 1.165) is 33.3 Å². The number of aromatic amines is 2. The summed E-state index contributed by atoms with van der Waals surface area (Å²) in [6, 6.07) is 8.84. The van der Waals surface area contributed by atoms with Gasteiger partial charge in [0.25, 0.3) is 5.91 Å². The number of fused-ring (bicyclic) bond motifs is 1. The third-order valence-electron chi connectivity index (χ3n) is 5.87. The molecule has 33 heavy (non-hydrogen) atoms. The van der Waals surface area contributed by atoms with Crippen molar-refractivity contribution >= 4 is 28.3 Å². The molecule has 1 amide bonds. The number of aromatic nitrogens is 4. The molecule has 0 radical (unpaired) electrons. The molecule has 0 bridgehead atoms. The van der Waals surface area contributed by atoms with Crippen molar-refractivity contribution in [2.75, 3.05) is 36.5 Å². The van der Waals surface area contributed by atoms with Gasteiger partial charge in [-0.15, -0.1) is 0 Å². The lowest BCUT2D eigenvalue weighted by atomic mass is 10.1. The van der Waals surface area contributed by atoms with E-state index in [1.165, 1.54) is 0 Å². The number of pyridine rings is 2. The number of rotatable bonds is 4. The first kappa shape index (κ1) is 20.9. The maximum Gasteiger partial charge on any atom is 0.259 e. The second-order valence-electron chi connectivity index (χ2n) is 8.13. The summed E-state index contributed by atoms with van der Waals surface area (Å²) < 4.78 is 5.47. The molecule has 1 aliphatic rings. The zero-order chi connectivity index (χ0) is 22.9. The number of benzene rings is 1. The van der Waals surface area contributed by atoms with Gasteiger partial charge in [0.15, 0.2) is 0 Å². The van der Waals surface area contributed by atoms with Gasteiger partial charge in [0.2, 0.25) is 5.56 Å². The van der Waals surface area contributed by atoms with Crippen LogP contribution in [-0.2, 0) is 4.74 Å². The molecule has 0 aliphatic carbocycles. The monoisotopic (exact) mass is 444 g/mol. The van der Waals surface area contributed by atoms with Crippen molar-refractivity contribution in [2.45, 2.75) is 13.8 Å². The van der Waals surface area contributed by atoms with Crippen LogP contribution >= 0.6 is 0 Å². The highest BCUT2D eigenvalue weighted by Gasteiger charge is 2.22. The fraction of sp³-hybridized carbons (Fsp3) is 0.250. The lowest BCUT2D eigenvalue weighted by Crippen LogP contribution is -2.38. The van der Waals surface area contributed by atoms with Crippen LogP contribution in [-0.4, -0.2) is 52.4 Å². The summed E-state index contributed by atoms with van der Waals surface area (Å²) in [6.45, 7) is 6.32. The van der Waals surface area contributed by atoms with Crippen LogP contribution in [0.1, 0.15) is 21.6 Å². The predicted octanol–water partition coefficient (Wildman–Crippen LogP) is 3.02. The van der Waals surface area contributed by atoms with Crippen molar-refractivity contribution in [2.24, 2.45) is 0 Å². The van der Waals surface area contributed by atoms with Crippen LogP contribution in [0.3, 0.4) is 0 Å². The zero-order valence-corrected chi connectivity index (χ0v) is 18.4. The standard InChI is InChI=1S/C24H24N6O3/c1-14-9-22(31)28-21-4-3-17(11-18(14)21)27-24(32)19-10-16(20-13-26-29-15(20)2)12-25-23(19)30-5-7-33-8-6-30/h3-4,9-13H,5-8H2,1-2H3,(H,26,29)(H,27,32)(H,28,31). The van der Waals surface area contributed by atoms with Gasteiger partial charge in [0, 0.05) is 58.8 Å². The molecule has 4 aromatic rings. The number of carbonyl (C=O) groups excluding carboxylic acids is 1. The number of hydrogen-bond donors (Lipinski definition) is 3. The molecule has 5 rings (SSSR count). The molecule has 9 heteroatoms. The van der Waals surface area contributed by atoms with Gasteiger partial charge in [-0.3, -0.25) is 14.7 Å². The van der Waals surface area contributed by atoms with Crippen molar-refractivity contribution in [3.8, 4) is 11.1 Å². The van der Waals surface area contributed by atoms with E-state index in [1.54, 1.807) is 30.6 Å². The van der Waals surface area contributed by atoms with Gasteiger partial charge in [0.1, 0.15) is 5.82 Å². The van der Waals surface area contributed by atoms with Crippen LogP contribution in [0, 0.1) is 13.8 Å². The van der Waals surface area contributed by atoms with E-state index < -0.39 is 0 Å². The van der Waals surface area contributed by atoms with Crippen LogP contribution in [0.2, 0.25) is 0 Å². The fourth-order valence-corrected chi connectivity index (χ4v) is 4.14. The van der Waals surface area contributed by atoms with Gasteiger partial charge >= 0.3 is 0 Å². The molecule has 0 spiro atoms. The molecule has 3 aromatic heterocycles. The van der Waals surface area contributed by atoms with E-state index in [1.807, 2.05) is 26.0 Å². The van der Waals surface area contributed by atoms with Crippen molar-refractivity contribution < 1.29 is 9.53 Å². The van der Waals surface area contributed by atoms with Crippen molar-refractivity contribution in [1.29, 1.82) is 0 Å². The molecule has 9 nitrogen and oxygen atoms in total. The van der Waals surface area contributed by atoms with Gasteiger partial charge in [0.05, 0.1) is 25.0 Å². The predicted molar refractivity (Wildman–Crippen MR) is 127 cm³/mol. The minimum atomic E-state index is -0.256. The molecule has 168 valence electrons. The molecule has 4 heterocycles. The van der Waals surface area contributed by atoms with Gasteiger partial charge in [-0.05, 0) is 43.7 Å². The van der Waals surface area contributed by atoms with E-state index in [-0.39, 0.29) is 11.5 Å². The molecule has 0 saturated carbocycles. The largest absolute Gasteiger partial charge is 0.378 e. The maximum absolute atomic E-state index is 13.5. The molecule has 1 aliphatic heterocycles. The first-order valence-corrected chi connectivity index (χ1v) is 10.8. The molecule has 0 unspecified atom stereocenters. The summed E-state index contributed by atoms with van der Waals surface area (Å²) in [5, 5.41) is 10.9. The maximum atomic E-state index is 13.5. The Morgan fingerprint density at radius 1 is 1.12 bits per heavy atom. The number of amides is 1. The number of H-pyrrole nitrogens is 2. The third kappa shape index (κ3) is 4.10. The fourth-order valence-electron chi connectivity index (χ4n) is 4.14.